The summed E-state index contributed by atoms with van der Waals surface area (Å²) in [5.41, 5.74) is 3.37. The molecule has 3 rings (SSSR count). The van der Waals surface area contributed by atoms with Gasteiger partial charge in [0.25, 0.3) is 5.91 Å². The number of amides is 1. The van der Waals surface area contributed by atoms with Crippen molar-refractivity contribution < 1.29 is 13.2 Å². The van der Waals surface area contributed by atoms with Crippen LogP contribution >= 0.6 is 0 Å². The Morgan fingerprint density at radius 2 is 2.00 bits per heavy atom. The lowest BCUT2D eigenvalue weighted by Gasteiger charge is -2.26. The third kappa shape index (κ3) is 4.44. The summed E-state index contributed by atoms with van der Waals surface area (Å²) in [6.07, 6.45) is 0.474. The van der Waals surface area contributed by atoms with Crippen LogP contribution in [-0.2, 0) is 9.84 Å². The number of hydrogen-bond acceptors (Lipinski definition) is 6. The molecule has 1 aromatic heterocycles. The smallest absolute Gasteiger partial charge is 0.274 e. The largest absolute Gasteiger partial charge is 0.339 e. The van der Waals surface area contributed by atoms with Crippen LogP contribution in [0.1, 0.15) is 35.0 Å². The number of carbonyl (C=O) groups is 1. The Morgan fingerprint density at radius 1 is 1.22 bits per heavy atom. The van der Waals surface area contributed by atoms with Crippen molar-refractivity contribution in [2.75, 3.05) is 23.4 Å². The fourth-order valence-corrected chi connectivity index (χ4v) is 4.99. The molecule has 1 amide bonds. The normalized spacial score (nSPS) is 18.3. The van der Waals surface area contributed by atoms with Gasteiger partial charge in [-0.15, -0.1) is 10.2 Å². The number of carbonyl (C=O) groups excluding carboxylic acids is 1. The summed E-state index contributed by atoms with van der Waals surface area (Å²) in [4.78, 5) is 14.3. The summed E-state index contributed by atoms with van der Waals surface area (Å²) in [6.45, 7) is 6.29. The summed E-state index contributed by atoms with van der Waals surface area (Å²) in [7, 11) is -3.06. The van der Waals surface area contributed by atoms with Gasteiger partial charge in [0.15, 0.2) is 21.3 Å². The van der Waals surface area contributed by atoms with Crippen LogP contribution in [0, 0.1) is 13.8 Å². The average molecular weight is 388 g/mol. The molecule has 1 aliphatic rings. The fourth-order valence-electron chi connectivity index (χ4n) is 3.26. The summed E-state index contributed by atoms with van der Waals surface area (Å²) < 4.78 is 23.4. The van der Waals surface area contributed by atoms with Crippen LogP contribution in [0.4, 0.5) is 11.5 Å². The second kappa shape index (κ2) is 7.64. The highest BCUT2D eigenvalue weighted by molar-refractivity contribution is 7.91. The fraction of sp³-hybridized carbons (Fsp3) is 0.421. The number of nitrogens with zero attached hydrogens (tertiary/aromatic N) is 3. The molecule has 0 spiro atoms. The van der Waals surface area contributed by atoms with Crippen LogP contribution in [0.2, 0.25) is 0 Å². The van der Waals surface area contributed by atoms with Crippen LogP contribution < -0.4 is 5.32 Å². The Morgan fingerprint density at radius 3 is 2.59 bits per heavy atom. The molecule has 1 unspecified atom stereocenters. The Kier molecular flexibility index (Phi) is 5.46. The Labute approximate surface area is 159 Å². The first-order valence-corrected chi connectivity index (χ1v) is 10.8. The highest BCUT2D eigenvalue weighted by Gasteiger charge is 2.34. The van der Waals surface area contributed by atoms with Crippen molar-refractivity contribution in [3.05, 3.63) is 47.2 Å². The summed E-state index contributed by atoms with van der Waals surface area (Å²) in [6, 6.07) is 9.13. The zero-order chi connectivity index (χ0) is 19.6. The molecule has 8 heteroatoms. The van der Waals surface area contributed by atoms with E-state index in [2.05, 4.69) is 15.5 Å². The molecule has 27 heavy (non-hydrogen) atoms. The molecule has 1 atom stereocenters. The molecular formula is C19H24N4O3S. The maximum atomic E-state index is 12.8. The van der Waals surface area contributed by atoms with Crippen molar-refractivity contribution in [3.8, 4) is 0 Å². The Balaban J connectivity index is 1.74. The van der Waals surface area contributed by atoms with E-state index in [1.807, 2.05) is 39.0 Å². The van der Waals surface area contributed by atoms with Gasteiger partial charge in [0.2, 0.25) is 0 Å². The SMILES string of the molecule is CCN(C(=O)c1ccc(Nc2cc(C)ccc2C)nn1)C1CCS(=O)(=O)C1. The minimum atomic E-state index is -3.06. The second-order valence-electron chi connectivity index (χ2n) is 6.90. The number of aromatic nitrogens is 2. The predicted octanol–water partition coefficient (Wildman–Crippen LogP) is 2.49. The quantitative estimate of drug-likeness (QED) is 0.846. The van der Waals surface area contributed by atoms with E-state index >= 15 is 0 Å². The summed E-state index contributed by atoms with van der Waals surface area (Å²) >= 11 is 0. The first kappa shape index (κ1) is 19.3. The lowest BCUT2D eigenvalue weighted by atomic mass is 10.1. The van der Waals surface area contributed by atoms with Crippen LogP contribution in [0.15, 0.2) is 30.3 Å². The first-order valence-electron chi connectivity index (χ1n) is 8.98. The Bertz CT molecular complexity index is 942. The van der Waals surface area contributed by atoms with Crippen molar-refractivity contribution in [2.24, 2.45) is 0 Å². The molecule has 2 aromatic rings. The molecule has 0 aliphatic carbocycles. The van der Waals surface area contributed by atoms with E-state index in [-0.39, 0.29) is 29.1 Å². The number of rotatable bonds is 5. The monoisotopic (exact) mass is 388 g/mol. The molecule has 0 radical (unpaired) electrons. The molecular weight excluding hydrogens is 364 g/mol. The lowest BCUT2D eigenvalue weighted by Crippen LogP contribution is -2.41. The van der Waals surface area contributed by atoms with Gasteiger partial charge in [0.1, 0.15) is 0 Å². The standard InChI is InChI=1S/C19H24N4O3S/c1-4-23(15-9-10-27(25,26)12-15)19(24)16-7-8-18(22-21-16)20-17-11-13(2)5-6-14(17)3/h5-8,11,15H,4,9-10,12H2,1-3H3,(H,20,22). The van der Waals surface area contributed by atoms with Gasteiger partial charge in [-0.3, -0.25) is 4.79 Å². The molecule has 0 bridgehead atoms. The van der Waals surface area contributed by atoms with Crippen LogP contribution in [0.3, 0.4) is 0 Å². The van der Waals surface area contributed by atoms with E-state index in [9.17, 15) is 13.2 Å². The number of nitrogens with one attached hydrogen (secondary N) is 1. The zero-order valence-corrected chi connectivity index (χ0v) is 16.6. The lowest BCUT2D eigenvalue weighted by molar-refractivity contribution is 0.0701. The van der Waals surface area contributed by atoms with Gasteiger partial charge in [0.05, 0.1) is 11.5 Å². The third-order valence-corrected chi connectivity index (χ3v) is 6.54. The minimum absolute atomic E-state index is 0.0201. The van der Waals surface area contributed by atoms with Gasteiger partial charge < -0.3 is 10.2 Å². The van der Waals surface area contributed by atoms with E-state index < -0.39 is 9.84 Å². The maximum Gasteiger partial charge on any atom is 0.274 e. The number of sulfone groups is 1. The van der Waals surface area contributed by atoms with Gasteiger partial charge in [-0.2, -0.15) is 0 Å². The molecule has 7 nitrogen and oxygen atoms in total. The minimum Gasteiger partial charge on any atom is -0.339 e. The van der Waals surface area contributed by atoms with Crippen molar-refractivity contribution in [3.63, 3.8) is 0 Å². The highest BCUT2D eigenvalue weighted by atomic mass is 32.2. The van der Waals surface area contributed by atoms with E-state index in [1.165, 1.54) is 0 Å². The number of hydrogen-bond donors (Lipinski definition) is 1. The number of aryl methyl sites for hydroxylation is 2. The summed E-state index contributed by atoms with van der Waals surface area (Å²) in [5.74, 6) is 0.412. The molecule has 0 saturated carbocycles. The van der Waals surface area contributed by atoms with Crippen LogP contribution in [0.5, 0.6) is 0 Å². The molecule has 1 aliphatic heterocycles. The Hall–Kier alpha value is -2.48. The first-order chi connectivity index (χ1) is 12.8. The molecule has 1 aromatic carbocycles. The second-order valence-corrected chi connectivity index (χ2v) is 9.12. The van der Waals surface area contributed by atoms with Gasteiger partial charge in [-0.25, -0.2) is 8.42 Å². The highest BCUT2D eigenvalue weighted by Crippen LogP contribution is 2.22. The predicted molar refractivity (Wildman–Crippen MR) is 105 cm³/mol. The van der Waals surface area contributed by atoms with Gasteiger partial charge in [-0.05, 0) is 56.5 Å². The van der Waals surface area contributed by atoms with E-state index in [0.29, 0.717) is 18.8 Å². The molecule has 1 fully saturated rings. The van der Waals surface area contributed by atoms with Crippen molar-refractivity contribution in [1.82, 2.24) is 15.1 Å². The van der Waals surface area contributed by atoms with Crippen molar-refractivity contribution in [1.29, 1.82) is 0 Å². The molecule has 144 valence electrons. The molecule has 2 heterocycles. The van der Waals surface area contributed by atoms with Crippen LogP contribution in [0.25, 0.3) is 0 Å². The van der Waals surface area contributed by atoms with Gasteiger partial charge in [0, 0.05) is 18.3 Å². The van der Waals surface area contributed by atoms with Gasteiger partial charge in [-0.1, -0.05) is 12.1 Å². The topological polar surface area (TPSA) is 92.3 Å². The van der Waals surface area contributed by atoms with Crippen molar-refractivity contribution >= 4 is 27.2 Å². The number of anilines is 2. The van der Waals surface area contributed by atoms with E-state index in [1.54, 1.807) is 17.0 Å². The van der Waals surface area contributed by atoms with Crippen LogP contribution in [-0.4, -0.2) is 53.5 Å². The summed E-state index contributed by atoms with van der Waals surface area (Å²) in [5, 5.41) is 11.4. The van der Waals surface area contributed by atoms with E-state index in [4.69, 9.17) is 0 Å². The number of benzene rings is 1. The van der Waals surface area contributed by atoms with Gasteiger partial charge >= 0.3 is 0 Å². The zero-order valence-electron chi connectivity index (χ0n) is 15.8. The molecule has 1 saturated heterocycles. The average Bonchev–Trinajstić information content (AvgIpc) is 2.99. The van der Waals surface area contributed by atoms with Crippen molar-refractivity contribution in [2.45, 2.75) is 33.2 Å². The van der Waals surface area contributed by atoms with E-state index in [0.717, 1.165) is 16.8 Å². The maximum absolute atomic E-state index is 12.8. The molecule has 1 N–H and O–H groups in total. The third-order valence-electron chi connectivity index (χ3n) is 4.79.